The maximum atomic E-state index is 13.0. The lowest BCUT2D eigenvalue weighted by atomic mass is 9.82. The van der Waals surface area contributed by atoms with E-state index in [1.54, 1.807) is 24.5 Å². The number of carbonyl (C=O) groups is 2. The van der Waals surface area contributed by atoms with Gasteiger partial charge in [-0.25, -0.2) is 19.2 Å². The van der Waals surface area contributed by atoms with Gasteiger partial charge in [0.1, 0.15) is 0 Å². The van der Waals surface area contributed by atoms with Crippen molar-refractivity contribution in [1.82, 2.24) is 15.0 Å². The Kier molecular flexibility index (Phi) is 7.18. The van der Waals surface area contributed by atoms with Crippen molar-refractivity contribution in [1.29, 1.82) is 0 Å². The van der Waals surface area contributed by atoms with Gasteiger partial charge in [-0.1, -0.05) is 0 Å². The molecule has 1 amide bonds. The number of nitrogens with one attached hydrogen (secondary N) is 1. The molecule has 0 aromatic carbocycles. The first kappa shape index (κ1) is 23.3. The predicted molar refractivity (Wildman–Crippen MR) is 102 cm³/mol. The summed E-state index contributed by atoms with van der Waals surface area (Å²) in [6, 6.07) is 3.58. The number of halogens is 4. The number of carboxylic acids is 1. The average molecular weight is 457 g/mol. The van der Waals surface area contributed by atoms with Gasteiger partial charge in [0.05, 0.1) is 43.4 Å². The first-order valence-corrected chi connectivity index (χ1v) is 9.46. The van der Waals surface area contributed by atoms with Crippen LogP contribution in [0.25, 0.3) is 0 Å². The van der Waals surface area contributed by atoms with E-state index < -0.39 is 18.0 Å². The second-order valence-electron chi connectivity index (χ2n) is 7.21. The normalized spacial score (nSPS) is 22.4. The lowest BCUT2D eigenvalue weighted by Gasteiger charge is -2.31. The van der Waals surface area contributed by atoms with E-state index >= 15 is 0 Å². The lowest BCUT2D eigenvalue weighted by molar-refractivity contribution is -0.192. The van der Waals surface area contributed by atoms with E-state index in [1.165, 1.54) is 0 Å². The highest BCUT2D eigenvalue weighted by atomic mass is 19.4. The SMILES string of the molecule is O=C(Nc1cccnc1)[C@@H]1COC[C@H]2CN(c3ncc(F)cn3)C[C@H]21.O=C(O)C(F)(F)F. The number of hydrogen-bond acceptors (Lipinski definition) is 7. The minimum absolute atomic E-state index is 0.0652. The fourth-order valence-electron chi connectivity index (χ4n) is 3.57. The van der Waals surface area contributed by atoms with E-state index in [0.29, 0.717) is 37.9 Å². The molecule has 0 aliphatic carbocycles. The van der Waals surface area contributed by atoms with Crippen LogP contribution in [0.4, 0.5) is 29.2 Å². The van der Waals surface area contributed by atoms with Gasteiger partial charge in [-0.15, -0.1) is 0 Å². The summed E-state index contributed by atoms with van der Waals surface area (Å²) in [6.07, 6.45) is 0.514. The maximum Gasteiger partial charge on any atom is 0.490 e. The number of carbonyl (C=O) groups excluding carboxylic acids is 1. The number of aliphatic carboxylic acids is 1. The molecule has 4 heterocycles. The van der Waals surface area contributed by atoms with Crippen molar-refractivity contribution < 1.29 is 37.0 Å². The maximum absolute atomic E-state index is 13.0. The number of rotatable bonds is 3. The zero-order valence-electron chi connectivity index (χ0n) is 16.5. The van der Waals surface area contributed by atoms with Crippen molar-refractivity contribution in [3.63, 3.8) is 0 Å². The van der Waals surface area contributed by atoms with Gasteiger partial charge in [-0.05, 0) is 18.1 Å². The number of fused-ring (bicyclic) bond motifs is 1. The van der Waals surface area contributed by atoms with Gasteiger partial charge >= 0.3 is 12.1 Å². The Bertz CT molecular complexity index is 930. The van der Waals surface area contributed by atoms with Crippen LogP contribution in [0.2, 0.25) is 0 Å². The molecule has 2 saturated heterocycles. The van der Waals surface area contributed by atoms with E-state index in [9.17, 15) is 22.4 Å². The van der Waals surface area contributed by atoms with E-state index in [4.69, 9.17) is 14.6 Å². The summed E-state index contributed by atoms with van der Waals surface area (Å²) >= 11 is 0. The molecule has 172 valence electrons. The Morgan fingerprint density at radius 1 is 1.16 bits per heavy atom. The quantitative estimate of drug-likeness (QED) is 0.672. The summed E-state index contributed by atoms with van der Waals surface area (Å²) in [5.74, 6) is -2.66. The van der Waals surface area contributed by atoms with Crippen molar-refractivity contribution in [2.24, 2.45) is 17.8 Å². The third-order valence-electron chi connectivity index (χ3n) is 5.04. The van der Waals surface area contributed by atoms with Crippen molar-refractivity contribution in [3.05, 3.63) is 42.7 Å². The van der Waals surface area contributed by atoms with Crippen molar-refractivity contribution >= 4 is 23.5 Å². The molecule has 9 nitrogen and oxygen atoms in total. The van der Waals surface area contributed by atoms with Gasteiger partial charge < -0.3 is 20.1 Å². The number of nitrogens with zero attached hydrogens (tertiary/aromatic N) is 4. The third kappa shape index (κ3) is 5.87. The highest BCUT2D eigenvalue weighted by Gasteiger charge is 2.44. The van der Waals surface area contributed by atoms with Crippen LogP contribution < -0.4 is 10.2 Å². The Labute approximate surface area is 179 Å². The summed E-state index contributed by atoms with van der Waals surface area (Å²) < 4.78 is 50.4. The van der Waals surface area contributed by atoms with Gasteiger partial charge in [-0.2, -0.15) is 13.2 Å². The molecule has 2 N–H and O–H groups in total. The molecule has 4 rings (SSSR count). The van der Waals surface area contributed by atoms with Gasteiger partial charge in [0.15, 0.2) is 5.82 Å². The highest BCUT2D eigenvalue weighted by molar-refractivity contribution is 5.92. The second-order valence-corrected chi connectivity index (χ2v) is 7.21. The summed E-state index contributed by atoms with van der Waals surface area (Å²) in [6.45, 7) is 2.36. The molecule has 2 aromatic rings. The first-order chi connectivity index (χ1) is 15.1. The molecule has 0 unspecified atom stereocenters. The molecule has 2 aliphatic heterocycles. The van der Waals surface area contributed by atoms with Crippen LogP contribution in [-0.4, -0.2) is 64.4 Å². The number of alkyl halides is 3. The molecule has 2 fully saturated rings. The standard InChI is InChI=1S/C17H18FN5O2.C2HF3O2/c18-12-4-20-17(21-5-12)23-7-11-9-25-10-15(14(11)8-23)16(24)22-13-2-1-3-19-6-13;3-2(4,5)1(6)7/h1-6,11,14-15H,7-10H2,(H,22,24);(H,6,7)/t11-,14-,15-;/m1./s1. The molecule has 0 radical (unpaired) electrons. The number of ether oxygens (including phenoxy) is 1. The van der Waals surface area contributed by atoms with E-state index in [-0.39, 0.29) is 23.7 Å². The fraction of sp³-hybridized carbons (Fsp3) is 0.421. The smallest absolute Gasteiger partial charge is 0.475 e. The molecule has 0 saturated carbocycles. The summed E-state index contributed by atoms with van der Waals surface area (Å²) in [5, 5.41) is 10.0. The molecule has 0 bridgehead atoms. The lowest BCUT2D eigenvalue weighted by Crippen LogP contribution is -2.41. The molecule has 32 heavy (non-hydrogen) atoms. The minimum Gasteiger partial charge on any atom is -0.475 e. The molecule has 2 aliphatic rings. The third-order valence-corrected chi connectivity index (χ3v) is 5.04. The van der Waals surface area contributed by atoms with Crippen molar-refractivity contribution in [2.45, 2.75) is 6.18 Å². The van der Waals surface area contributed by atoms with Gasteiger partial charge in [-0.3, -0.25) is 9.78 Å². The summed E-state index contributed by atoms with van der Waals surface area (Å²) in [7, 11) is 0. The molecular weight excluding hydrogens is 438 g/mol. The van der Waals surface area contributed by atoms with Gasteiger partial charge in [0.2, 0.25) is 11.9 Å². The van der Waals surface area contributed by atoms with E-state index in [0.717, 1.165) is 12.4 Å². The number of hydrogen-bond donors (Lipinski definition) is 2. The van der Waals surface area contributed by atoms with E-state index in [2.05, 4.69) is 20.3 Å². The van der Waals surface area contributed by atoms with E-state index in [1.807, 2.05) is 4.90 Å². The number of amides is 1. The van der Waals surface area contributed by atoms with Crippen molar-refractivity contribution in [3.8, 4) is 0 Å². The fourth-order valence-corrected chi connectivity index (χ4v) is 3.57. The molecule has 2 aromatic heterocycles. The van der Waals surface area contributed by atoms with Crippen LogP contribution in [0, 0.1) is 23.6 Å². The first-order valence-electron chi connectivity index (χ1n) is 9.46. The van der Waals surface area contributed by atoms with Crippen LogP contribution in [0.15, 0.2) is 36.9 Å². The van der Waals surface area contributed by atoms with Crippen molar-refractivity contribution in [2.75, 3.05) is 36.5 Å². The Morgan fingerprint density at radius 3 is 2.44 bits per heavy atom. The topological polar surface area (TPSA) is 118 Å². The van der Waals surface area contributed by atoms with Crippen LogP contribution in [0.5, 0.6) is 0 Å². The number of carboxylic acid groups (broad SMARTS) is 1. The van der Waals surface area contributed by atoms with Gasteiger partial charge in [0, 0.05) is 25.2 Å². The predicted octanol–water partition coefficient (Wildman–Crippen LogP) is 1.98. The zero-order valence-corrected chi connectivity index (χ0v) is 16.5. The summed E-state index contributed by atoms with van der Waals surface area (Å²) in [5.41, 5.74) is 0.673. The van der Waals surface area contributed by atoms with Crippen LogP contribution in [0.1, 0.15) is 0 Å². The largest absolute Gasteiger partial charge is 0.490 e. The van der Waals surface area contributed by atoms with Gasteiger partial charge in [0.25, 0.3) is 0 Å². The number of pyridine rings is 1. The monoisotopic (exact) mass is 457 g/mol. The Balaban J connectivity index is 0.000000360. The number of anilines is 2. The minimum atomic E-state index is -5.08. The van der Waals surface area contributed by atoms with Crippen LogP contribution in [-0.2, 0) is 14.3 Å². The highest BCUT2D eigenvalue weighted by Crippen LogP contribution is 2.36. The van der Waals surface area contributed by atoms with Crippen LogP contribution in [0.3, 0.4) is 0 Å². The summed E-state index contributed by atoms with van der Waals surface area (Å²) in [4.78, 5) is 35.7. The molecule has 3 atom stereocenters. The Hall–Kier alpha value is -3.35. The molecule has 13 heteroatoms. The zero-order chi connectivity index (χ0) is 23.3. The molecular formula is C19H19F4N5O4. The number of aromatic nitrogens is 3. The second kappa shape index (κ2) is 9.85. The average Bonchev–Trinajstić information content (AvgIpc) is 3.19. The molecule has 0 spiro atoms. The Morgan fingerprint density at radius 2 is 1.84 bits per heavy atom. The van der Waals surface area contributed by atoms with Crippen LogP contribution >= 0.6 is 0 Å².